The molecular weight excluding hydrogens is 268 g/mol. The van der Waals surface area contributed by atoms with E-state index in [0.717, 1.165) is 6.07 Å². The second kappa shape index (κ2) is 6.41. The van der Waals surface area contributed by atoms with Gasteiger partial charge in [0, 0.05) is 5.56 Å². The van der Waals surface area contributed by atoms with Crippen molar-refractivity contribution in [3.63, 3.8) is 0 Å². The van der Waals surface area contributed by atoms with Crippen LogP contribution in [0.1, 0.15) is 16.8 Å². The maximum absolute atomic E-state index is 11.8. The van der Waals surface area contributed by atoms with Gasteiger partial charge in [0.2, 0.25) is 5.91 Å². The number of rotatable bonds is 6. The largest absolute Gasteiger partial charge is 0.504 e. The third kappa shape index (κ3) is 3.87. The fourth-order valence-electron chi connectivity index (χ4n) is 1.47. The number of hydrogen-bond donors (Lipinski definition) is 4. The monoisotopic (exact) mass is 282 g/mol. The molecule has 0 aliphatic rings. The van der Waals surface area contributed by atoms with Gasteiger partial charge in [-0.15, -0.1) is 0 Å². The van der Waals surface area contributed by atoms with Crippen LogP contribution in [-0.4, -0.2) is 41.1 Å². The number of methoxy groups -OCH3 is 1. The van der Waals surface area contributed by atoms with E-state index in [1.54, 1.807) is 0 Å². The van der Waals surface area contributed by atoms with Crippen molar-refractivity contribution in [2.24, 2.45) is 5.73 Å². The fraction of sp³-hybridized carbons (Fsp3) is 0.250. The summed E-state index contributed by atoms with van der Waals surface area (Å²) in [5.74, 6) is -3.07. The van der Waals surface area contributed by atoms with Crippen molar-refractivity contribution in [2.75, 3.05) is 7.11 Å². The Labute approximate surface area is 114 Å². The molecule has 2 amide bonds. The number of phenolic OH excluding ortho intramolecular Hbond substituents is 1. The summed E-state index contributed by atoms with van der Waals surface area (Å²) >= 11 is 0. The highest BCUT2D eigenvalue weighted by Gasteiger charge is 2.23. The number of carbonyl (C=O) groups is 3. The van der Waals surface area contributed by atoms with Crippen LogP contribution in [0.3, 0.4) is 0 Å². The molecule has 0 bridgehead atoms. The summed E-state index contributed by atoms with van der Waals surface area (Å²) in [7, 11) is 1.35. The van der Waals surface area contributed by atoms with Crippen molar-refractivity contribution in [3.8, 4) is 11.5 Å². The van der Waals surface area contributed by atoms with E-state index in [0.29, 0.717) is 0 Å². The highest BCUT2D eigenvalue weighted by Crippen LogP contribution is 2.26. The Hall–Kier alpha value is -2.77. The average molecular weight is 282 g/mol. The van der Waals surface area contributed by atoms with E-state index in [4.69, 9.17) is 15.6 Å². The predicted molar refractivity (Wildman–Crippen MR) is 67.4 cm³/mol. The lowest BCUT2D eigenvalue weighted by molar-refractivity contribution is -0.140. The van der Waals surface area contributed by atoms with Crippen molar-refractivity contribution in [1.82, 2.24) is 5.32 Å². The van der Waals surface area contributed by atoms with Crippen LogP contribution in [0.25, 0.3) is 0 Å². The van der Waals surface area contributed by atoms with Gasteiger partial charge in [-0.3, -0.25) is 9.59 Å². The van der Waals surface area contributed by atoms with Crippen molar-refractivity contribution in [1.29, 1.82) is 0 Å². The molecule has 1 aromatic carbocycles. The minimum atomic E-state index is -1.43. The molecular formula is C12H14N2O6. The molecule has 108 valence electrons. The average Bonchev–Trinajstić information content (AvgIpc) is 2.37. The van der Waals surface area contributed by atoms with Crippen molar-refractivity contribution < 1.29 is 29.3 Å². The Balaban J connectivity index is 2.86. The van der Waals surface area contributed by atoms with Gasteiger partial charge in [-0.1, -0.05) is 0 Å². The number of carboxylic acid groups (broad SMARTS) is 1. The molecule has 0 unspecified atom stereocenters. The van der Waals surface area contributed by atoms with Gasteiger partial charge in [-0.2, -0.15) is 0 Å². The Bertz CT molecular complexity index is 543. The molecule has 0 aliphatic carbocycles. The zero-order chi connectivity index (χ0) is 15.3. The fourth-order valence-corrected chi connectivity index (χ4v) is 1.47. The Morgan fingerprint density at radius 2 is 2.05 bits per heavy atom. The number of ether oxygens (including phenoxy) is 1. The molecule has 0 fully saturated rings. The zero-order valence-corrected chi connectivity index (χ0v) is 10.6. The first-order valence-electron chi connectivity index (χ1n) is 5.54. The molecule has 5 N–H and O–H groups in total. The molecule has 0 saturated heterocycles. The van der Waals surface area contributed by atoms with Crippen molar-refractivity contribution >= 4 is 17.8 Å². The number of primary amides is 1. The smallest absolute Gasteiger partial charge is 0.326 e. The molecule has 0 saturated carbocycles. The van der Waals surface area contributed by atoms with Crippen molar-refractivity contribution in [3.05, 3.63) is 23.8 Å². The molecule has 1 rings (SSSR count). The summed E-state index contributed by atoms with van der Waals surface area (Å²) in [4.78, 5) is 33.4. The summed E-state index contributed by atoms with van der Waals surface area (Å²) in [5.41, 5.74) is 4.92. The second-order valence-corrected chi connectivity index (χ2v) is 3.92. The molecule has 1 atom stereocenters. The molecule has 0 heterocycles. The lowest BCUT2D eigenvalue weighted by Gasteiger charge is -2.13. The van der Waals surface area contributed by atoms with Crippen molar-refractivity contribution in [2.45, 2.75) is 12.5 Å². The first-order valence-corrected chi connectivity index (χ1v) is 5.54. The quantitative estimate of drug-likeness (QED) is 0.552. The van der Waals surface area contributed by atoms with Gasteiger partial charge in [-0.05, 0) is 18.2 Å². The molecule has 0 radical (unpaired) electrons. The predicted octanol–water partition coefficient (Wildman–Crippen LogP) is -0.541. The van der Waals surface area contributed by atoms with Gasteiger partial charge in [0.15, 0.2) is 11.5 Å². The van der Waals surface area contributed by atoms with E-state index >= 15 is 0 Å². The van der Waals surface area contributed by atoms with Crippen LogP contribution in [0.5, 0.6) is 11.5 Å². The van der Waals surface area contributed by atoms with Gasteiger partial charge in [0.1, 0.15) is 6.04 Å². The molecule has 8 heteroatoms. The number of nitrogens with two attached hydrogens (primary N) is 1. The van der Waals surface area contributed by atoms with Gasteiger partial charge in [0.05, 0.1) is 13.5 Å². The number of phenols is 1. The van der Waals surface area contributed by atoms with Crippen LogP contribution in [0.15, 0.2) is 18.2 Å². The number of hydrogen-bond acceptors (Lipinski definition) is 5. The van der Waals surface area contributed by atoms with E-state index in [2.05, 4.69) is 5.32 Å². The Morgan fingerprint density at radius 1 is 1.40 bits per heavy atom. The van der Waals surface area contributed by atoms with Crippen LogP contribution >= 0.6 is 0 Å². The third-order valence-electron chi connectivity index (χ3n) is 2.45. The first kappa shape index (κ1) is 15.3. The molecule has 0 aromatic heterocycles. The maximum Gasteiger partial charge on any atom is 0.326 e. The number of aliphatic carboxylic acids is 1. The minimum absolute atomic E-state index is 0.0269. The molecule has 0 spiro atoms. The van der Waals surface area contributed by atoms with E-state index in [-0.39, 0.29) is 17.1 Å². The number of amides is 2. The molecule has 1 aromatic rings. The standard InChI is InChI=1S/C12H14N2O6/c1-20-9-3-2-6(4-8(9)15)11(17)14-7(12(18)19)5-10(13)16/h2-4,7,15H,5H2,1H3,(H2,13,16)(H,14,17)(H,18,19)/t7-/m0/s1. The Kier molecular flexibility index (Phi) is 4.90. The summed E-state index contributed by atoms with van der Waals surface area (Å²) < 4.78 is 4.81. The zero-order valence-electron chi connectivity index (χ0n) is 10.6. The number of aromatic hydroxyl groups is 1. The summed E-state index contributed by atoms with van der Waals surface area (Å²) in [6.07, 6.45) is -0.525. The third-order valence-corrected chi connectivity index (χ3v) is 2.45. The highest BCUT2D eigenvalue weighted by molar-refractivity contribution is 5.98. The summed E-state index contributed by atoms with van der Waals surface area (Å²) in [6.45, 7) is 0. The number of carboxylic acids is 1. The van der Waals surface area contributed by atoms with Gasteiger partial charge >= 0.3 is 5.97 Å². The normalized spacial score (nSPS) is 11.4. The van der Waals surface area contributed by atoms with Gasteiger partial charge < -0.3 is 26.0 Å². The SMILES string of the molecule is COc1ccc(C(=O)N[C@@H](CC(N)=O)C(=O)O)cc1O. The lowest BCUT2D eigenvalue weighted by Crippen LogP contribution is -2.43. The minimum Gasteiger partial charge on any atom is -0.504 e. The molecule has 8 nitrogen and oxygen atoms in total. The molecule has 20 heavy (non-hydrogen) atoms. The van der Waals surface area contributed by atoms with E-state index < -0.39 is 30.2 Å². The Morgan fingerprint density at radius 3 is 2.50 bits per heavy atom. The highest BCUT2D eigenvalue weighted by atomic mass is 16.5. The lowest BCUT2D eigenvalue weighted by atomic mass is 10.1. The van der Waals surface area contributed by atoms with Crippen LogP contribution in [0.2, 0.25) is 0 Å². The summed E-state index contributed by atoms with van der Waals surface area (Å²) in [6, 6.07) is 2.40. The van der Waals surface area contributed by atoms with E-state index in [9.17, 15) is 19.5 Å². The first-order chi connectivity index (χ1) is 9.35. The van der Waals surface area contributed by atoms with Gasteiger partial charge in [-0.25, -0.2) is 4.79 Å². The van der Waals surface area contributed by atoms with Crippen LogP contribution in [-0.2, 0) is 9.59 Å². The van der Waals surface area contributed by atoms with Crippen LogP contribution < -0.4 is 15.8 Å². The second-order valence-electron chi connectivity index (χ2n) is 3.92. The number of benzene rings is 1. The summed E-state index contributed by atoms with van der Waals surface area (Å²) in [5, 5.41) is 20.5. The van der Waals surface area contributed by atoms with Gasteiger partial charge in [0.25, 0.3) is 5.91 Å². The van der Waals surface area contributed by atoms with E-state index in [1.165, 1.54) is 19.2 Å². The number of nitrogens with one attached hydrogen (secondary N) is 1. The van der Waals surface area contributed by atoms with Crippen LogP contribution in [0, 0.1) is 0 Å². The number of carbonyl (C=O) groups excluding carboxylic acids is 2. The topological polar surface area (TPSA) is 139 Å². The maximum atomic E-state index is 11.8. The van der Waals surface area contributed by atoms with E-state index in [1.807, 2.05) is 0 Å². The molecule has 0 aliphatic heterocycles. The van der Waals surface area contributed by atoms with Crippen LogP contribution in [0.4, 0.5) is 0 Å².